The second-order valence-electron chi connectivity index (χ2n) is 3.73. The Morgan fingerprint density at radius 3 is 2.33 bits per heavy atom. The molecule has 70 valence electrons. The molecule has 1 saturated heterocycles. The van der Waals surface area contributed by atoms with Gasteiger partial charge in [0.15, 0.2) is 0 Å². The van der Waals surface area contributed by atoms with Crippen LogP contribution < -0.4 is 5.14 Å². The summed E-state index contributed by atoms with van der Waals surface area (Å²) >= 11 is 0. The van der Waals surface area contributed by atoms with Gasteiger partial charge in [0.2, 0.25) is 10.0 Å². The van der Waals surface area contributed by atoms with Crippen LogP contribution in [0.4, 0.5) is 0 Å². The van der Waals surface area contributed by atoms with E-state index in [4.69, 9.17) is 5.14 Å². The molecule has 0 aromatic rings. The normalized spacial score (nSPS) is 32.6. The molecule has 0 bridgehead atoms. The largest absolute Gasteiger partial charge is 0.299 e. The summed E-state index contributed by atoms with van der Waals surface area (Å²) in [5, 5.41) is 4.76. The van der Waals surface area contributed by atoms with Crippen LogP contribution >= 0.6 is 0 Å². The summed E-state index contributed by atoms with van der Waals surface area (Å²) in [6.45, 7) is 1.56. The fourth-order valence-corrected chi connectivity index (χ4v) is 2.63. The van der Waals surface area contributed by atoms with Crippen LogP contribution in [-0.4, -0.2) is 37.7 Å². The van der Waals surface area contributed by atoms with Crippen LogP contribution in [0.5, 0.6) is 0 Å². The number of sulfonamides is 1. The Kier molecular flexibility index (Phi) is 1.89. The van der Waals surface area contributed by atoms with E-state index in [0.717, 1.165) is 13.0 Å². The SMILES string of the molecule is NS(=O)(=O)C1CCN(C2CC2)C1. The lowest BCUT2D eigenvalue weighted by molar-refractivity contribution is 0.328. The van der Waals surface area contributed by atoms with Crippen LogP contribution in [0, 0.1) is 0 Å². The predicted molar refractivity (Wildman–Crippen MR) is 46.1 cm³/mol. The minimum absolute atomic E-state index is 0.307. The third-order valence-electron chi connectivity index (χ3n) is 2.70. The first-order chi connectivity index (χ1) is 5.57. The van der Waals surface area contributed by atoms with E-state index in [-0.39, 0.29) is 5.25 Å². The molecule has 0 aromatic carbocycles. The van der Waals surface area contributed by atoms with Crippen molar-refractivity contribution in [2.24, 2.45) is 5.14 Å². The Morgan fingerprint density at radius 1 is 1.25 bits per heavy atom. The third-order valence-corrected chi connectivity index (χ3v) is 4.02. The van der Waals surface area contributed by atoms with Crippen molar-refractivity contribution in [2.75, 3.05) is 13.1 Å². The van der Waals surface area contributed by atoms with Crippen LogP contribution in [0.2, 0.25) is 0 Å². The van der Waals surface area contributed by atoms with E-state index in [0.29, 0.717) is 12.6 Å². The van der Waals surface area contributed by atoms with Crippen LogP contribution in [-0.2, 0) is 10.0 Å². The van der Waals surface area contributed by atoms with Gasteiger partial charge in [0.05, 0.1) is 5.25 Å². The van der Waals surface area contributed by atoms with Crippen molar-refractivity contribution in [3.63, 3.8) is 0 Å². The maximum Gasteiger partial charge on any atom is 0.213 e. The van der Waals surface area contributed by atoms with Crippen molar-refractivity contribution in [3.05, 3.63) is 0 Å². The van der Waals surface area contributed by atoms with Gasteiger partial charge in [-0.2, -0.15) is 0 Å². The third kappa shape index (κ3) is 1.62. The van der Waals surface area contributed by atoms with E-state index in [1.54, 1.807) is 0 Å². The van der Waals surface area contributed by atoms with Gasteiger partial charge in [0.25, 0.3) is 0 Å². The standard InChI is InChI=1S/C7H14N2O2S/c8-12(10,11)7-3-4-9(5-7)6-1-2-6/h6-7H,1-5H2,(H2,8,10,11). The lowest BCUT2D eigenvalue weighted by Gasteiger charge is -2.13. The van der Waals surface area contributed by atoms with Gasteiger partial charge in [0.1, 0.15) is 0 Å². The van der Waals surface area contributed by atoms with E-state index in [1.165, 1.54) is 12.8 Å². The van der Waals surface area contributed by atoms with Crippen molar-refractivity contribution in [1.82, 2.24) is 4.90 Å². The van der Waals surface area contributed by atoms with Gasteiger partial charge in [-0.05, 0) is 25.8 Å². The second-order valence-corrected chi connectivity index (χ2v) is 5.57. The molecule has 0 amide bonds. The number of likely N-dealkylation sites (tertiary alicyclic amines) is 1. The molecular formula is C7H14N2O2S. The Morgan fingerprint density at radius 2 is 1.92 bits per heavy atom. The number of rotatable bonds is 2. The zero-order chi connectivity index (χ0) is 8.77. The first-order valence-electron chi connectivity index (χ1n) is 4.33. The molecule has 12 heavy (non-hydrogen) atoms. The van der Waals surface area contributed by atoms with Gasteiger partial charge in [0, 0.05) is 12.6 Å². The second kappa shape index (κ2) is 2.68. The van der Waals surface area contributed by atoms with Crippen molar-refractivity contribution in [3.8, 4) is 0 Å². The molecule has 0 aromatic heterocycles. The highest BCUT2D eigenvalue weighted by Gasteiger charge is 2.37. The van der Waals surface area contributed by atoms with Crippen LogP contribution in [0.25, 0.3) is 0 Å². The summed E-state index contributed by atoms with van der Waals surface area (Å²) in [5.74, 6) is 0. The molecule has 1 atom stereocenters. The van der Waals surface area contributed by atoms with Crippen molar-refractivity contribution < 1.29 is 8.42 Å². The number of nitrogens with two attached hydrogens (primary N) is 1. The summed E-state index contributed by atoms with van der Waals surface area (Å²) in [6.07, 6.45) is 3.18. The van der Waals surface area contributed by atoms with Gasteiger partial charge in [-0.1, -0.05) is 0 Å². The smallest absolute Gasteiger partial charge is 0.213 e. The first kappa shape index (κ1) is 8.47. The molecule has 1 saturated carbocycles. The highest BCUT2D eigenvalue weighted by molar-refractivity contribution is 7.89. The molecule has 2 aliphatic rings. The number of primary sulfonamides is 1. The number of hydrogen-bond donors (Lipinski definition) is 1. The Hall–Kier alpha value is -0.130. The fourth-order valence-electron chi connectivity index (χ4n) is 1.79. The molecule has 0 spiro atoms. The highest BCUT2D eigenvalue weighted by Crippen LogP contribution is 2.30. The monoisotopic (exact) mass is 190 g/mol. The first-order valence-corrected chi connectivity index (χ1v) is 5.94. The Balaban J connectivity index is 1.97. The van der Waals surface area contributed by atoms with Crippen molar-refractivity contribution in [1.29, 1.82) is 0 Å². The Bertz CT molecular complexity index is 271. The number of nitrogens with zero attached hydrogens (tertiary/aromatic N) is 1. The summed E-state index contributed by atoms with van der Waals surface area (Å²) in [4.78, 5) is 2.25. The molecule has 1 heterocycles. The summed E-state index contributed by atoms with van der Waals surface area (Å²) in [7, 11) is -3.28. The van der Waals surface area contributed by atoms with Gasteiger partial charge >= 0.3 is 0 Å². The molecule has 1 aliphatic carbocycles. The maximum absolute atomic E-state index is 11.0. The zero-order valence-corrected chi connectivity index (χ0v) is 7.76. The molecule has 5 heteroatoms. The van der Waals surface area contributed by atoms with Crippen LogP contribution in [0.1, 0.15) is 19.3 Å². The zero-order valence-electron chi connectivity index (χ0n) is 6.94. The summed E-state index contributed by atoms with van der Waals surface area (Å²) in [5.41, 5.74) is 0. The highest BCUT2D eigenvalue weighted by atomic mass is 32.2. The van der Waals surface area contributed by atoms with Crippen molar-refractivity contribution in [2.45, 2.75) is 30.6 Å². The number of hydrogen-bond acceptors (Lipinski definition) is 3. The van der Waals surface area contributed by atoms with Gasteiger partial charge in [-0.25, -0.2) is 13.6 Å². The van der Waals surface area contributed by atoms with Crippen molar-refractivity contribution >= 4 is 10.0 Å². The average Bonchev–Trinajstić information content (AvgIpc) is 2.66. The molecule has 2 rings (SSSR count). The minimum atomic E-state index is -3.28. The van der Waals surface area contributed by atoms with E-state index in [2.05, 4.69) is 4.90 Å². The summed E-state index contributed by atoms with van der Waals surface area (Å²) < 4.78 is 21.9. The van der Waals surface area contributed by atoms with Crippen LogP contribution in [0.15, 0.2) is 0 Å². The minimum Gasteiger partial charge on any atom is -0.299 e. The maximum atomic E-state index is 11.0. The van der Waals surface area contributed by atoms with E-state index < -0.39 is 10.0 Å². The fraction of sp³-hybridized carbons (Fsp3) is 1.00. The quantitative estimate of drug-likeness (QED) is 0.639. The molecular weight excluding hydrogens is 176 g/mol. The molecule has 4 nitrogen and oxygen atoms in total. The lowest BCUT2D eigenvalue weighted by atomic mass is 10.4. The van der Waals surface area contributed by atoms with E-state index in [9.17, 15) is 8.42 Å². The van der Waals surface area contributed by atoms with E-state index in [1.807, 2.05) is 0 Å². The lowest BCUT2D eigenvalue weighted by Crippen LogP contribution is -2.32. The Labute approximate surface area is 72.8 Å². The predicted octanol–water partition coefficient (Wildman–Crippen LogP) is -0.488. The van der Waals surface area contributed by atoms with Gasteiger partial charge in [-0.3, -0.25) is 4.90 Å². The average molecular weight is 190 g/mol. The van der Waals surface area contributed by atoms with Gasteiger partial charge in [-0.15, -0.1) is 0 Å². The van der Waals surface area contributed by atoms with E-state index >= 15 is 0 Å². The van der Waals surface area contributed by atoms with Crippen LogP contribution in [0.3, 0.4) is 0 Å². The molecule has 2 fully saturated rings. The summed E-state index contributed by atoms with van der Waals surface area (Å²) in [6, 6.07) is 0.664. The van der Waals surface area contributed by atoms with Gasteiger partial charge < -0.3 is 0 Å². The topological polar surface area (TPSA) is 63.4 Å². The molecule has 2 N–H and O–H groups in total. The molecule has 1 aliphatic heterocycles. The molecule has 1 unspecified atom stereocenters. The molecule has 0 radical (unpaired) electrons.